The zero-order valence-electron chi connectivity index (χ0n) is 11.0. The van der Waals surface area contributed by atoms with Crippen molar-refractivity contribution in [1.82, 2.24) is 0 Å². The quantitative estimate of drug-likeness (QED) is 0.602. The predicted molar refractivity (Wildman–Crippen MR) is 87.8 cm³/mol. The Labute approximate surface area is 129 Å². The summed E-state index contributed by atoms with van der Waals surface area (Å²) in [4.78, 5) is 0. The van der Waals surface area contributed by atoms with Gasteiger partial charge in [-0.2, -0.15) is 0 Å². The van der Waals surface area contributed by atoms with Crippen molar-refractivity contribution >= 4 is 34.2 Å². The molecule has 1 aromatic rings. The number of aryl methyl sites for hydroxylation is 1. The first-order valence-corrected chi connectivity index (χ1v) is 8.31. The van der Waals surface area contributed by atoms with Gasteiger partial charge in [0.1, 0.15) is 0 Å². The van der Waals surface area contributed by atoms with Crippen molar-refractivity contribution in [2.24, 2.45) is 5.73 Å². The smallest absolute Gasteiger partial charge is 0.0438 e. The Hall–Kier alpha value is 0.200. The number of hydrogen-bond donors (Lipinski definition) is 1. The molecule has 0 radical (unpaired) electrons. The van der Waals surface area contributed by atoms with Gasteiger partial charge in [0.05, 0.1) is 0 Å². The summed E-state index contributed by atoms with van der Waals surface area (Å²) in [7, 11) is 0. The van der Waals surface area contributed by atoms with Gasteiger partial charge in [-0.1, -0.05) is 59.7 Å². The molecule has 2 N–H and O–H groups in total. The molecule has 3 heteroatoms. The van der Waals surface area contributed by atoms with E-state index in [0.29, 0.717) is 3.92 Å². The third-order valence-electron chi connectivity index (χ3n) is 4.34. The third-order valence-corrected chi connectivity index (χ3v) is 6.48. The normalized spacial score (nSPS) is 28.8. The summed E-state index contributed by atoms with van der Waals surface area (Å²) in [6.07, 6.45) is 4.70. The van der Waals surface area contributed by atoms with Crippen LogP contribution in [-0.4, -0.2) is 9.97 Å². The Morgan fingerprint density at radius 2 is 2.28 bits per heavy atom. The second-order valence-electron chi connectivity index (χ2n) is 5.41. The molecule has 100 valence electrons. The number of alkyl halides is 1. The van der Waals surface area contributed by atoms with E-state index in [1.807, 2.05) is 6.92 Å². The van der Waals surface area contributed by atoms with Crippen LogP contribution < -0.4 is 5.73 Å². The van der Waals surface area contributed by atoms with Gasteiger partial charge in [0.2, 0.25) is 0 Å². The van der Waals surface area contributed by atoms with E-state index in [9.17, 15) is 0 Å². The van der Waals surface area contributed by atoms with Crippen molar-refractivity contribution in [1.29, 1.82) is 0 Å². The Morgan fingerprint density at radius 3 is 2.72 bits per heavy atom. The molecule has 0 amide bonds. The summed E-state index contributed by atoms with van der Waals surface area (Å²) < 4.78 is 0.635. The van der Waals surface area contributed by atoms with Crippen molar-refractivity contribution in [2.45, 2.75) is 54.9 Å². The molecule has 1 aliphatic carbocycles. The van der Waals surface area contributed by atoms with E-state index < -0.39 is 0 Å². The fourth-order valence-corrected chi connectivity index (χ4v) is 4.60. The molecule has 0 aromatic heterocycles. The van der Waals surface area contributed by atoms with Crippen LogP contribution in [0, 0.1) is 6.92 Å². The van der Waals surface area contributed by atoms with Crippen molar-refractivity contribution in [3.63, 3.8) is 0 Å². The Kier molecular flexibility index (Phi) is 4.61. The fraction of sp³-hybridized carbons (Fsp3) is 0.600. The first-order chi connectivity index (χ1) is 8.52. The van der Waals surface area contributed by atoms with Gasteiger partial charge in [0.25, 0.3) is 0 Å². The Morgan fingerprint density at radius 1 is 1.56 bits per heavy atom. The molecule has 1 saturated carbocycles. The average Bonchev–Trinajstić information content (AvgIpc) is 2.33. The molecule has 3 unspecified atom stereocenters. The summed E-state index contributed by atoms with van der Waals surface area (Å²) in [5, 5.41) is 0.867. The molecule has 0 saturated heterocycles. The monoisotopic (exact) mass is 377 g/mol. The highest BCUT2D eigenvalue weighted by molar-refractivity contribution is 14.1. The Bertz CT molecular complexity index is 435. The Balaban J connectivity index is 2.38. The largest absolute Gasteiger partial charge is 0.327 e. The summed E-state index contributed by atoms with van der Waals surface area (Å²) in [5.74, 6) is 0. The molecule has 18 heavy (non-hydrogen) atoms. The second kappa shape index (κ2) is 5.68. The molecule has 2 rings (SSSR count). The van der Waals surface area contributed by atoms with Crippen LogP contribution in [0.15, 0.2) is 18.2 Å². The highest BCUT2D eigenvalue weighted by atomic mass is 127. The molecule has 1 nitrogen and oxygen atoms in total. The van der Waals surface area contributed by atoms with E-state index in [4.69, 9.17) is 17.3 Å². The van der Waals surface area contributed by atoms with Gasteiger partial charge in [-0.05, 0) is 43.4 Å². The van der Waals surface area contributed by atoms with Crippen molar-refractivity contribution in [3.05, 3.63) is 34.3 Å². The number of benzene rings is 1. The fourth-order valence-electron chi connectivity index (χ4n) is 2.97. The number of rotatable bonds is 4. The molecular weight excluding hydrogens is 357 g/mol. The molecule has 0 bridgehead atoms. The SMILES string of the molecule is CCCC(N)C1(c2ccc(C)c(Cl)c2)CCC1I. The maximum atomic E-state index is 6.49. The van der Waals surface area contributed by atoms with E-state index in [-0.39, 0.29) is 11.5 Å². The first-order valence-electron chi connectivity index (χ1n) is 6.68. The minimum Gasteiger partial charge on any atom is -0.327 e. The lowest BCUT2D eigenvalue weighted by Gasteiger charge is -2.51. The molecular formula is C15H21ClIN. The lowest BCUT2D eigenvalue weighted by molar-refractivity contribution is 0.209. The van der Waals surface area contributed by atoms with Gasteiger partial charge in [-0.3, -0.25) is 0 Å². The second-order valence-corrected chi connectivity index (χ2v) is 7.32. The minimum absolute atomic E-state index is 0.147. The van der Waals surface area contributed by atoms with Crippen LogP contribution in [0.2, 0.25) is 5.02 Å². The molecule has 0 heterocycles. The van der Waals surface area contributed by atoms with Crippen molar-refractivity contribution in [2.75, 3.05) is 0 Å². The molecule has 0 spiro atoms. The van der Waals surface area contributed by atoms with Crippen LogP contribution in [0.4, 0.5) is 0 Å². The van der Waals surface area contributed by atoms with Crippen LogP contribution in [0.5, 0.6) is 0 Å². The minimum atomic E-state index is 0.147. The molecule has 3 atom stereocenters. The highest BCUT2D eigenvalue weighted by Crippen LogP contribution is 2.51. The zero-order chi connectivity index (χ0) is 13.3. The van der Waals surface area contributed by atoms with Crippen LogP contribution >= 0.6 is 34.2 Å². The van der Waals surface area contributed by atoms with E-state index in [0.717, 1.165) is 23.4 Å². The summed E-state index contributed by atoms with van der Waals surface area (Å²) in [6.45, 7) is 4.25. The number of hydrogen-bond acceptors (Lipinski definition) is 1. The number of nitrogens with two attached hydrogens (primary N) is 1. The van der Waals surface area contributed by atoms with E-state index >= 15 is 0 Å². The van der Waals surface area contributed by atoms with Gasteiger partial charge < -0.3 is 5.73 Å². The summed E-state index contributed by atoms with van der Waals surface area (Å²) in [6, 6.07) is 6.73. The van der Waals surface area contributed by atoms with Gasteiger partial charge in [0, 0.05) is 20.4 Å². The van der Waals surface area contributed by atoms with Crippen LogP contribution in [0.25, 0.3) is 0 Å². The molecule has 0 aliphatic heterocycles. The molecule has 1 fully saturated rings. The van der Waals surface area contributed by atoms with E-state index in [1.165, 1.54) is 18.4 Å². The van der Waals surface area contributed by atoms with Crippen LogP contribution in [0.3, 0.4) is 0 Å². The van der Waals surface area contributed by atoms with E-state index in [1.54, 1.807) is 0 Å². The van der Waals surface area contributed by atoms with Crippen LogP contribution in [-0.2, 0) is 5.41 Å². The summed E-state index contributed by atoms with van der Waals surface area (Å²) >= 11 is 8.85. The predicted octanol–water partition coefficient (Wildman–Crippen LogP) is 4.61. The van der Waals surface area contributed by atoms with Gasteiger partial charge in [-0.15, -0.1) is 0 Å². The molecule has 1 aliphatic rings. The maximum Gasteiger partial charge on any atom is 0.0438 e. The lowest BCUT2D eigenvalue weighted by Crippen LogP contribution is -2.57. The molecule has 1 aromatic carbocycles. The van der Waals surface area contributed by atoms with Crippen molar-refractivity contribution < 1.29 is 0 Å². The average molecular weight is 378 g/mol. The lowest BCUT2D eigenvalue weighted by atomic mass is 9.59. The standard InChI is InChI=1S/C15H21ClIN/c1-3-4-14(18)15(8-7-13(15)17)11-6-5-10(2)12(16)9-11/h5-6,9,13-14H,3-4,7-8,18H2,1-2H3. The topological polar surface area (TPSA) is 26.0 Å². The maximum absolute atomic E-state index is 6.49. The third kappa shape index (κ3) is 2.32. The first kappa shape index (κ1) is 14.6. The van der Waals surface area contributed by atoms with Gasteiger partial charge in [-0.25, -0.2) is 0 Å². The zero-order valence-corrected chi connectivity index (χ0v) is 14.0. The van der Waals surface area contributed by atoms with E-state index in [2.05, 4.69) is 47.7 Å². The van der Waals surface area contributed by atoms with Crippen LogP contribution in [0.1, 0.15) is 43.7 Å². The summed E-state index contributed by atoms with van der Waals surface area (Å²) in [5.41, 5.74) is 9.11. The number of halogens is 2. The van der Waals surface area contributed by atoms with Gasteiger partial charge >= 0.3 is 0 Å². The highest BCUT2D eigenvalue weighted by Gasteiger charge is 2.50. The van der Waals surface area contributed by atoms with Crippen molar-refractivity contribution in [3.8, 4) is 0 Å². The van der Waals surface area contributed by atoms with Gasteiger partial charge in [0.15, 0.2) is 0 Å².